The van der Waals surface area contributed by atoms with Crippen LogP contribution >= 0.6 is 0 Å². The van der Waals surface area contributed by atoms with Crippen molar-refractivity contribution in [3.8, 4) is 5.69 Å². The molecule has 1 atom stereocenters. The number of aromatic nitrogens is 3. The molecule has 7 nitrogen and oxygen atoms in total. The maximum absolute atomic E-state index is 13.7. The number of benzene rings is 2. The summed E-state index contributed by atoms with van der Waals surface area (Å²) in [6, 6.07) is 12.4. The summed E-state index contributed by atoms with van der Waals surface area (Å²) in [4.78, 5) is 38.7. The van der Waals surface area contributed by atoms with Gasteiger partial charge in [-0.3, -0.25) is 14.2 Å². The van der Waals surface area contributed by atoms with Crippen molar-refractivity contribution in [2.75, 3.05) is 0 Å². The fourth-order valence-corrected chi connectivity index (χ4v) is 2.84. The number of nitrogens with zero attached hydrogens (tertiary/aromatic N) is 3. The van der Waals surface area contributed by atoms with E-state index in [1.54, 1.807) is 19.1 Å². The predicted octanol–water partition coefficient (Wildman–Crippen LogP) is 2.42. The SMILES string of the molecule is CC[C@@H](C)NC(=O)c1nn(-c2cccc(F)c2)c(=O)n(Cc2ccc(C)cc2)c1=O. The van der Waals surface area contributed by atoms with Crippen LogP contribution in [-0.4, -0.2) is 26.3 Å². The molecule has 30 heavy (non-hydrogen) atoms. The van der Waals surface area contributed by atoms with Crippen LogP contribution < -0.4 is 16.6 Å². The summed E-state index contributed by atoms with van der Waals surface area (Å²) in [5.74, 6) is -1.25. The Bertz CT molecular complexity index is 1180. The van der Waals surface area contributed by atoms with Crippen LogP contribution in [-0.2, 0) is 6.54 Å². The summed E-state index contributed by atoms with van der Waals surface area (Å²) in [7, 11) is 0. The van der Waals surface area contributed by atoms with Gasteiger partial charge in [0.2, 0.25) is 5.69 Å². The molecule has 1 aromatic heterocycles. The summed E-state index contributed by atoms with van der Waals surface area (Å²) in [5.41, 5.74) is -0.112. The molecular formula is C22H23FN4O3. The zero-order chi connectivity index (χ0) is 21.8. The van der Waals surface area contributed by atoms with Crippen molar-refractivity contribution in [1.82, 2.24) is 19.7 Å². The second kappa shape index (κ2) is 8.86. The van der Waals surface area contributed by atoms with Crippen LogP contribution in [0.15, 0.2) is 58.1 Å². The second-order valence-corrected chi connectivity index (χ2v) is 7.18. The van der Waals surface area contributed by atoms with E-state index in [1.807, 2.05) is 26.0 Å². The van der Waals surface area contributed by atoms with E-state index >= 15 is 0 Å². The van der Waals surface area contributed by atoms with E-state index in [-0.39, 0.29) is 18.3 Å². The highest BCUT2D eigenvalue weighted by atomic mass is 19.1. The van der Waals surface area contributed by atoms with Gasteiger partial charge in [-0.2, -0.15) is 9.78 Å². The molecule has 156 valence electrons. The van der Waals surface area contributed by atoms with Crippen LogP contribution in [0.5, 0.6) is 0 Å². The summed E-state index contributed by atoms with van der Waals surface area (Å²) in [6.07, 6.45) is 0.660. The summed E-state index contributed by atoms with van der Waals surface area (Å²) in [6.45, 7) is 5.57. The van der Waals surface area contributed by atoms with Crippen molar-refractivity contribution in [3.63, 3.8) is 0 Å². The van der Waals surface area contributed by atoms with Crippen molar-refractivity contribution in [2.24, 2.45) is 0 Å². The first-order chi connectivity index (χ1) is 14.3. The van der Waals surface area contributed by atoms with E-state index in [4.69, 9.17) is 0 Å². The number of aryl methyl sites for hydroxylation is 1. The normalized spacial score (nSPS) is 11.9. The van der Waals surface area contributed by atoms with E-state index in [0.717, 1.165) is 20.9 Å². The first kappa shape index (κ1) is 21.2. The molecule has 0 fully saturated rings. The molecule has 1 amide bonds. The molecule has 0 spiro atoms. The van der Waals surface area contributed by atoms with Crippen LogP contribution in [0, 0.1) is 12.7 Å². The van der Waals surface area contributed by atoms with Gasteiger partial charge >= 0.3 is 5.69 Å². The number of halogens is 1. The van der Waals surface area contributed by atoms with Gasteiger partial charge in [0.15, 0.2) is 0 Å². The number of hydrogen-bond acceptors (Lipinski definition) is 4. The fraction of sp³-hybridized carbons (Fsp3) is 0.273. The lowest BCUT2D eigenvalue weighted by molar-refractivity contribution is 0.0929. The highest BCUT2D eigenvalue weighted by Gasteiger charge is 2.21. The lowest BCUT2D eigenvalue weighted by atomic mass is 10.1. The molecule has 0 aliphatic carbocycles. The maximum Gasteiger partial charge on any atom is 0.352 e. The summed E-state index contributed by atoms with van der Waals surface area (Å²) in [5, 5.41) is 6.67. The van der Waals surface area contributed by atoms with Crippen molar-refractivity contribution < 1.29 is 9.18 Å². The Kier molecular flexibility index (Phi) is 6.25. The van der Waals surface area contributed by atoms with Crippen molar-refractivity contribution in [2.45, 2.75) is 39.8 Å². The Morgan fingerprint density at radius 3 is 2.50 bits per heavy atom. The van der Waals surface area contributed by atoms with Crippen LogP contribution in [0.3, 0.4) is 0 Å². The number of nitrogens with one attached hydrogen (secondary N) is 1. The third-order valence-electron chi connectivity index (χ3n) is 4.78. The van der Waals surface area contributed by atoms with Gasteiger partial charge in [0.05, 0.1) is 12.2 Å². The molecule has 1 N–H and O–H groups in total. The molecule has 0 aliphatic rings. The van der Waals surface area contributed by atoms with Crippen molar-refractivity contribution >= 4 is 5.91 Å². The molecule has 1 heterocycles. The van der Waals surface area contributed by atoms with Gasteiger partial charge in [0, 0.05) is 6.04 Å². The average Bonchev–Trinajstić information content (AvgIpc) is 2.72. The van der Waals surface area contributed by atoms with Crippen LogP contribution in [0.25, 0.3) is 5.69 Å². The Morgan fingerprint density at radius 1 is 1.17 bits per heavy atom. The van der Waals surface area contributed by atoms with E-state index in [0.29, 0.717) is 12.0 Å². The lowest BCUT2D eigenvalue weighted by Gasteiger charge is -2.14. The quantitative estimate of drug-likeness (QED) is 0.676. The minimum Gasteiger partial charge on any atom is -0.348 e. The molecule has 0 aliphatic heterocycles. The molecule has 0 saturated heterocycles. The van der Waals surface area contributed by atoms with E-state index in [2.05, 4.69) is 10.4 Å². The van der Waals surface area contributed by atoms with Gasteiger partial charge in [0.25, 0.3) is 11.5 Å². The molecular weight excluding hydrogens is 387 g/mol. The smallest absolute Gasteiger partial charge is 0.348 e. The number of rotatable bonds is 6. The Hall–Kier alpha value is -3.55. The predicted molar refractivity (Wildman–Crippen MR) is 112 cm³/mol. The van der Waals surface area contributed by atoms with E-state index in [9.17, 15) is 18.8 Å². The minimum absolute atomic E-state index is 0.0423. The molecule has 2 aromatic carbocycles. The molecule has 0 saturated carbocycles. The van der Waals surface area contributed by atoms with Gasteiger partial charge in [-0.15, -0.1) is 0 Å². The van der Waals surface area contributed by atoms with Gasteiger partial charge < -0.3 is 5.32 Å². The monoisotopic (exact) mass is 410 g/mol. The highest BCUT2D eigenvalue weighted by molar-refractivity contribution is 5.91. The zero-order valence-corrected chi connectivity index (χ0v) is 17.1. The highest BCUT2D eigenvalue weighted by Crippen LogP contribution is 2.07. The number of carbonyl (C=O) groups excluding carboxylic acids is 1. The Labute approximate surface area is 172 Å². The topological polar surface area (TPSA) is 86.0 Å². The van der Waals surface area contributed by atoms with Crippen LogP contribution in [0.4, 0.5) is 4.39 Å². The first-order valence-corrected chi connectivity index (χ1v) is 9.66. The summed E-state index contributed by atoms with van der Waals surface area (Å²) >= 11 is 0. The number of amides is 1. The Balaban J connectivity index is 2.18. The third-order valence-corrected chi connectivity index (χ3v) is 4.78. The molecule has 0 unspecified atom stereocenters. The maximum atomic E-state index is 13.7. The molecule has 3 rings (SSSR count). The molecule has 3 aromatic rings. The van der Waals surface area contributed by atoms with Gasteiger partial charge in [0.1, 0.15) is 5.82 Å². The van der Waals surface area contributed by atoms with Crippen LogP contribution in [0.1, 0.15) is 41.9 Å². The first-order valence-electron chi connectivity index (χ1n) is 9.66. The van der Waals surface area contributed by atoms with Crippen LogP contribution in [0.2, 0.25) is 0 Å². The number of hydrogen-bond donors (Lipinski definition) is 1. The second-order valence-electron chi connectivity index (χ2n) is 7.18. The van der Waals surface area contributed by atoms with E-state index in [1.165, 1.54) is 18.2 Å². The minimum atomic E-state index is -0.797. The standard InChI is InChI=1S/C22H23FN4O3/c1-4-15(3)24-20(28)19-21(29)26(13-16-10-8-14(2)9-11-16)22(30)27(25-19)18-7-5-6-17(23)12-18/h5-12,15H,4,13H2,1-3H3,(H,24,28)/t15-/m1/s1. The molecule has 0 radical (unpaired) electrons. The fourth-order valence-electron chi connectivity index (χ4n) is 2.84. The van der Waals surface area contributed by atoms with Gasteiger partial charge in [-0.1, -0.05) is 42.8 Å². The van der Waals surface area contributed by atoms with Gasteiger partial charge in [-0.05, 0) is 44.0 Å². The van der Waals surface area contributed by atoms with Crippen molar-refractivity contribution in [3.05, 3.63) is 92.0 Å². The number of carbonyl (C=O) groups is 1. The zero-order valence-electron chi connectivity index (χ0n) is 17.1. The van der Waals surface area contributed by atoms with Gasteiger partial charge in [-0.25, -0.2) is 9.18 Å². The summed E-state index contributed by atoms with van der Waals surface area (Å²) < 4.78 is 15.6. The largest absolute Gasteiger partial charge is 0.352 e. The van der Waals surface area contributed by atoms with E-state index < -0.39 is 28.7 Å². The lowest BCUT2D eigenvalue weighted by Crippen LogP contribution is -2.47. The molecule has 8 heteroatoms. The average molecular weight is 410 g/mol. The van der Waals surface area contributed by atoms with Crippen molar-refractivity contribution in [1.29, 1.82) is 0 Å². The Morgan fingerprint density at radius 2 is 1.87 bits per heavy atom. The molecule has 0 bridgehead atoms. The third kappa shape index (κ3) is 4.53.